The fourth-order valence-electron chi connectivity index (χ4n) is 2.29. The van der Waals surface area contributed by atoms with E-state index in [1.165, 1.54) is 0 Å². The Morgan fingerprint density at radius 1 is 1.47 bits per heavy atom. The summed E-state index contributed by atoms with van der Waals surface area (Å²) in [6.45, 7) is 5.78. The fraction of sp³-hybridized carbons (Fsp3) is 0.909. The molecule has 0 aromatic carbocycles. The first-order valence-corrected chi connectivity index (χ1v) is 5.38. The van der Waals surface area contributed by atoms with Crippen LogP contribution >= 0.6 is 0 Å². The van der Waals surface area contributed by atoms with Crippen molar-refractivity contribution in [1.82, 2.24) is 0 Å². The fourth-order valence-corrected chi connectivity index (χ4v) is 2.29. The largest absolute Gasteiger partial charge is 0.481 e. The van der Waals surface area contributed by atoms with Gasteiger partial charge in [0.1, 0.15) is 0 Å². The Balaban J connectivity index is 2.68. The highest BCUT2D eigenvalue weighted by atomic mass is 16.7. The van der Waals surface area contributed by atoms with E-state index in [1.807, 2.05) is 6.92 Å². The second-order valence-electron chi connectivity index (χ2n) is 4.52. The zero-order chi connectivity index (χ0) is 11.6. The predicted molar refractivity (Wildman–Crippen MR) is 55.4 cm³/mol. The number of carboxylic acid groups (broad SMARTS) is 1. The van der Waals surface area contributed by atoms with Crippen LogP contribution in [0.2, 0.25) is 0 Å². The first kappa shape index (κ1) is 12.5. The summed E-state index contributed by atoms with van der Waals surface area (Å²) in [7, 11) is 1.60. The second-order valence-corrected chi connectivity index (χ2v) is 4.52. The van der Waals surface area contributed by atoms with Crippen molar-refractivity contribution in [1.29, 1.82) is 0 Å². The minimum Gasteiger partial charge on any atom is -0.481 e. The molecule has 1 aliphatic rings. The summed E-state index contributed by atoms with van der Waals surface area (Å²) >= 11 is 0. The van der Waals surface area contributed by atoms with E-state index >= 15 is 0 Å². The van der Waals surface area contributed by atoms with Crippen LogP contribution in [0.1, 0.15) is 27.2 Å². The third kappa shape index (κ3) is 2.69. The normalized spacial score (nSPS) is 38.7. The van der Waals surface area contributed by atoms with E-state index in [4.69, 9.17) is 14.6 Å². The molecule has 4 nitrogen and oxygen atoms in total. The van der Waals surface area contributed by atoms with Gasteiger partial charge in [-0.3, -0.25) is 4.79 Å². The topological polar surface area (TPSA) is 55.8 Å². The zero-order valence-electron chi connectivity index (χ0n) is 9.77. The molecule has 0 aliphatic carbocycles. The lowest BCUT2D eigenvalue weighted by Gasteiger charge is -2.39. The Labute approximate surface area is 90.6 Å². The van der Waals surface area contributed by atoms with Gasteiger partial charge in [-0.05, 0) is 19.3 Å². The number of hydrogen-bond acceptors (Lipinski definition) is 3. The van der Waals surface area contributed by atoms with E-state index in [1.54, 1.807) is 14.0 Å². The molecule has 15 heavy (non-hydrogen) atoms. The smallest absolute Gasteiger partial charge is 0.308 e. The molecule has 1 N–H and O–H groups in total. The first-order chi connectivity index (χ1) is 6.97. The van der Waals surface area contributed by atoms with Crippen LogP contribution in [0.4, 0.5) is 0 Å². The van der Waals surface area contributed by atoms with Gasteiger partial charge in [0.25, 0.3) is 0 Å². The van der Waals surface area contributed by atoms with Crippen LogP contribution in [0.3, 0.4) is 0 Å². The minimum atomic E-state index is -0.809. The van der Waals surface area contributed by atoms with Crippen LogP contribution in [0, 0.1) is 17.8 Å². The lowest BCUT2D eigenvalue weighted by Crippen LogP contribution is -2.45. The van der Waals surface area contributed by atoms with Crippen LogP contribution in [0.25, 0.3) is 0 Å². The van der Waals surface area contributed by atoms with Crippen molar-refractivity contribution < 1.29 is 19.4 Å². The molecule has 1 rings (SSSR count). The molecule has 0 radical (unpaired) electrons. The standard InChI is InChI=1S/C11H20O4/c1-6-5-7(2)11(14-4)15-9(6)8(3)10(12)13/h6-9,11H,5H2,1-4H3,(H,12,13)/t6-,7+,8+,9-,11?/m0/s1. The number of hydrogen-bond donors (Lipinski definition) is 1. The summed E-state index contributed by atoms with van der Waals surface area (Å²) in [6.07, 6.45) is 0.428. The van der Waals surface area contributed by atoms with Crippen molar-refractivity contribution in [2.45, 2.75) is 39.6 Å². The van der Waals surface area contributed by atoms with E-state index in [-0.39, 0.29) is 18.3 Å². The van der Waals surface area contributed by atoms with Crippen molar-refractivity contribution in [2.75, 3.05) is 7.11 Å². The average Bonchev–Trinajstić information content (AvgIpc) is 2.17. The average molecular weight is 216 g/mol. The molecule has 0 aromatic heterocycles. The molecule has 0 bridgehead atoms. The maximum atomic E-state index is 10.9. The van der Waals surface area contributed by atoms with E-state index in [0.717, 1.165) is 6.42 Å². The van der Waals surface area contributed by atoms with E-state index in [2.05, 4.69) is 6.92 Å². The maximum Gasteiger partial charge on any atom is 0.308 e. The number of methoxy groups -OCH3 is 1. The summed E-state index contributed by atoms with van der Waals surface area (Å²) in [4.78, 5) is 10.9. The summed E-state index contributed by atoms with van der Waals surface area (Å²) in [5.41, 5.74) is 0. The number of ether oxygens (including phenoxy) is 2. The highest BCUT2D eigenvalue weighted by molar-refractivity contribution is 5.70. The van der Waals surface area contributed by atoms with Gasteiger partial charge in [0, 0.05) is 13.0 Å². The third-order valence-electron chi connectivity index (χ3n) is 3.17. The van der Waals surface area contributed by atoms with Crippen molar-refractivity contribution in [3.63, 3.8) is 0 Å². The molecule has 1 heterocycles. The molecule has 1 unspecified atom stereocenters. The zero-order valence-corrected chi connectivity index (χ0v) is 9.77. The third-order valence-corrected chi connectivity index (χ3v) is 3.17. The van der Waals surface area contributed by atoms with Gasteiger partial charge in [0.05, 0.1) is 12.0 Å². The van der Waals surface area contributed by atoms with Crippen molar-refractivity contribution >= 4 is 5.97 Å². The van der Waals surface area contributed by atoms with Gasteiger partial charge in [-0.1, -0.05) is 13.8 Å². The number of carboxylic acids is 1. The van der Waals surface area contributed by atoms with Gasteiger partial charge in [-0.15, -0.1) is 0 Å². The Kier molecular flexibility index (Phi) is 4.11. The van der Waals surface area contributed by atoms with E-state index in [9.17, 15) is 4.79 Å². The molecule has 0 amide bonds. The highest BCUT2D eigenvalue weighted by Crippen LogP contribution is 2.33. The lowest BCUT2D eigenvalue weighted by atomic mass is 9.83. The molecule has 1 aliphatic heterocycles. The van der Waals surface area contributed by atoms with Gasteiger partial charge in [-0.2, -0.15) is 0 Å². The Morgan fingerprint density at radius 2 is 2.07 bits per heavy atom. The minimum absolute atomic E-state index is 0.247. The molecule has 0 saturated carbocycles. The quantitative estimate of drug-likeness (QED) is 0.780. The van der Waals surface area contributed by atoms with Crippen molar-refractivity contribution in [2.24, 2.45) is 17.8 Å². The van der Waals surface area contributed by atoms with Crippen molar-refractivity contribution in [3.05, 3.63) is 0 Å². The van der Waals surface area contributed by atoms with Gasteiger partial charge < -0.3 is 14.6 Å². The van der Waals surface area contributed by atoms with Gasteiger partial charge in [-0.25, -0.2) is 0 Å². The lowest BCUT2D eigenvalue weighted by molar-refractivity contribution is -0.233. The van der Waals surface area contributed by atoms with Crippen LogP contribution < -0.4 is 0 Å². The summed E-state index contributed by atoms with van der Waals surface area (Å²) in [5, 5.41) is 8.96. The first-order valence-electron chi connectivity index (χ1n) is 5.38. The molecule has 0 spiro atoms. The Morgan fingerprint density at radius 3 is 2.53 bits per heavy atom. The Hall–Kier alpha value is -0.610. The second kappa shape index (κ2) is 4.94. The van der Waals surface area contributed by atoms with E-state index in [0.29, 0.717) is 5.92 Å². The monoisotopic (exact) mass is 216 g/mol. The van der Waals surface area contributed by atoms with Crippen LogP contribution in [-0.4, -0.2) is 30.6 Å². The maximum absolute atomic E-state index is 10.9. The summed E-state index contributed by atoms with van der Waals surface area (Å²) < 4.78 is 10.9. The summed E-state index contributed by atoms with van der Waals surface area (Å²) in [5.74, 6) is -0.707. The van der Waals surface area contributed by atoms with Gasteiger partial charge in [0.2, 0.25) is 0 Å². The van der Waals surface area contributed by atoms with Crippen molar-refractivity contribution in [3.8, 4) is 0 Å². The number of carbonyl (C=O) groups is 1. The molecule has 0 aromatic rings. The molecule has 4 heteroatoms. The number of aliphatic carboxylic acids is 1. The summed E-state index contributed by atoms with van der Waals surface area (Å²) in [6, 6.07) is 0. The van der Waals surface area contributed by atoms with Gasteiger partial charge >= 0.3 is 5.97 Å². The van der Waals surface area contributed by atoms with E-state index < -0.39 is 11.9 Å². The number of rotatable bonds is 3. The Bertz CT molecular complexity index is 229. The molecule has 88 valence electrons. The highest BCUT2D eigenvalue weighted by Gasteiger charge is 2.38. The van der Waals surface area contributed by atoms with Crippen LogP contribution in [-0.2, 0) is 14.3 Å². The molecular weight excluding hydrogens is 196 g/mol. The SMILES string of the molecule is COC1O[C@H]([C@@H](C)C(=O)O)[C@@H](C)C[C@H]1C. The van der Waals surface area contributed by atoms with Gasteiger partial charge in [0.15, 0.2) is 6.29 Å². The molecule has 1 fully saturated rings. The molecule has 5 atom stereocenters. The molecule has 1 saturated heterocycles. The molecular formula is C11H20O4. The van der Waals surface area contributed by atoms with Crippen LogP contribution in [0.15, 0.2) is 0 Å². The predicted octanol–water partition coefficient (Wildman–Crippen LogP) is 1.74. The van der Waals surface area contributed by atoms with Crippen LogP contribution in [0.5, 0.6) is 0 Å².